The van der Waals surface area contributed by atoms with E-state index in [-0.39, 0.29) is 0 Å². The van der Waals surface area contributed by atoms with Crippen molar-refractivity contribution < 1.29 is 0 Å². The number of hydrogen-bond acceptors (Lipinski definition) is 1. The van der Waals surface area contributed by atoms with Crippen LogP contribution in [0.4, 0.5) is 5.69 Å². The molecule has 0 atom stereocenters. The van der Waals surface area contributed by atoms with Crippen molar-refractivity contribution in [2.75, 3.05) is 5.32 Å². The van der Waals surface area contributed by atoms with E-state index < -0.39 is 0 Å². The van der Waals surface area contributed by atoms with E-state index in [1.165, 1.54) is 22.2 Å². The highest BCUT2D eigenvalue weighted by molar-refractivity contribution is 9.10. The lowest BCUT2D eigenvalue weighted by Gasteiger charge is -2.11. The molecule has 4 heteroatoms. The highest BCUT2D eigenvalue weighted by atomic mass is 79.9. The highest BCUT2D eigenvalue weighted by Gasteiger charge is 2.11. The van der Waals surface area contributed by atoms with Gasteiger partial charge in [-0.15, -0.1) is 0 Å². The second-order valence-electron chi connectivity index (χ2n) is 5.13. The zero-order valence-electron chi connectivity index (χ0n) is 12.0. The zero-order valence-corrected chi connectivity index (χ0v) is 14.3. The molecule has 3 aromatic rings. The number of aryl methyl sites for hydroxylation is 2. The summed E-state index contributed by atoms with van der Waals surface area (Å²) in [5.74, 6) is 0. The van der Waals surface area contributed by atoms with Crippen LogP contribution in [0.15, 0.2) is 46.9 Å². The molecule has 1 aromatic heterocycles. The Morgan fingerprint density at radius 2 is 1.95 bits per heavy atom. The standard InChI is InChI=1S/C17H16BrClN2/c1-11-13-5-3-4-6-16(13)21(2)17(11)10-20-15-9-12(18)7-8-14(15)19/h3-9,20H,10H2,1-2H3. The molecule has 0 unspecified atom stereocenters. The minimum Gasteiger partial charge on any atom is -0.378 e. The van der Waals surface area contributed by atoms with Gasteiger partial charge in [-0.05, 0) is 36.8 Å². The average molecular weight is 364 g/mol. The fourth-order valence-corrected chi connectivity index (χ4v) is 3.24. The van der Waals surface area contributed by atoms with E-state index in [1.54, 1.807) is 0 Å². The topological polar surface area (TPSA) is 17.0 Å². The van der Waals surface area contributed by atoms with Crippen LogP contribution in [0.1, 0.15) is 11.3 Å². The van der Waals surface area contributed by atoms with Crippen molar-refractivity contribution >= 4 is 44.1 Å². The number of aromatic nitrogens is 1. The molecule has 0 aliphatic heterocycles. The molecule has 0 fully saturated rings. The van der Waals surface area contributed by atoms with Gasteiger partial charge < -0.3 is 9.88 Å². The Kier molecular flexibility index (Phi) is 3.96. The van der Waals surface area contributed by atoms with E-state index in [2.05, 4.69) is 64.1 Å². The highest BCUT2D eigenvalue weighted by Crippen LogP contribution is 2.28. The van der Waals surface area contributed by atoms with Gasteiger partial charge in [0.05, 0.1) is 17.3 Å². The number of fused-ring (bicyclic) bond motifs is 1. The summed E-state index contributed by atoms with van der Waals surface area (Å²) in [5.41, 5.74) is 4.78. The van der Waals surface area contributed by atoms with Crippen molar-refractivity contribution in [2.45, 2.75) is 13.5 Å². The first kappa shape index (κ1) is 14.5. The van der Waals surface area contributed by atoms with Gasteiger partial charge in [-0.3, -0.25) is 0 Å². The SMILES string of the molecule is Cc1c(CNc2cc(Br)ccc2Cl)n(C)c2ccccc12. The molecule has 0 saturated carbocycles. The summed E-state index contributed by atoms with van der Waals surface area (Å²) in [5, 5.41) is 5.46. The van der Waals surface area contributed by atoms with E-state index in [1.807, 2.05) is 18.2 Å². The molecule has 1 N–H and O–H groups in total. The first-order chi connectivity index (χ1) is 10.1. The largest absolute Gasteiger partial charge is 0.378 e. The predicted octanol–water partition coefficient (Wildman–Crippen LogP) is 5.51. The van der Waals surface area contributed by atoms with E-state index in [0.29, 0.717) is 0 Å². The predicted molar refractivity (Wildman–Crippen MR) is 94.1 cm³/mol. The maximum absolute atomic E-state index is 6.23. The van der Waals surface area contributed by atoms with Crippen molar-refractivity contribution in [1.82, 2.24) is 4.57 Å². The van der Waals surface area contributed by atoms with Gasteiger partial charge in [0.2, 0.25) is 0 Å². The molecule has 0 saturated heterocycles. The lowest BCUT2D eigenvalue weighted by Crippen LogP contribution is -2.06. The molecule has 0 spiro atoms. The Morgan fingerprint density at radius 1 is 1.19 bits per heavy atom. The number of anilines is 1. The molecule has 2 nitrogen and oxygen atoms in total. The summed E-state index contributed by atoms with van der Waals surface area (Å²) in [4.78, 5) is 0. The number of nitrogens with one attached hydrogen (secondary N) is 1. The molecular formula is C17H16BrClN2. The van der Waals surface area contributed by atoms with E-state index >= 15 is 0 Å². The Balaban J connectivity index is 1.94. The van der Waals surface area contributed by atoms with E-state index in [4.69, 9.17) is 11.6 Å². The van der Waals surface area contributed by atoms with Crippen molar-refractivity contribution in [3.8, 4) is 0 Å². The Morgan fingerprint density at radius 3 is 2.71 bits per heavy atom. The molecule has 0 amide bonds. The second kappa shape index (κ2) is 5.74. The number of hydrogen-bond donors (Lipinski definition) is 1. The van der Waals surface area contributed by atoms with Crippen LogP contribution in [0.2, 0.25) is 5.02 Å². The van der Waals surface area contributed by atoms with Gasteiger partial charge in [0.15, 0.2) is 0 Å². The van der Waals surface area contributed by atoms with Gasteiger partial charge in [-0.1, -0.05) is 45.7 Å². The molecule has 0 radical (unpaired) electrons. The average Bonchev–Trinajstić information content (AvgIpc) is 2.73. The number of rotatable bonds is 3. The Labute approximate surface area is 137 Å². The lowest BCUT2D eigenvalue weighted by molar-refractivity contribution is 0.862. The molecule has 108 valence electrons. The van der Waals surface area contributed by atoms with Crippen LogP contribution < -0.4 is 5.32 Å². The third-order valence-corrected chi connectivity index (χ3v) is 4.70. The van der Waals surface area contributed by atoms with Crippen LogP contribution in [0.5, 0.6) is 0 Å². The van der Waals surface area contributed by atoms with Crippen LogP contribution in [-0.4, -0.2) is 4.57 Å². The molecule has 3 rings (SSSR count). The fraction of sp³-hybridized carbons (Fsp3) is 0.176. The zero-order chi connectivity index (χ0) is 15.0. The van der Waals surface area contributed by atoms with Gasteiger partial charge in [0.1, 0.15) is 0 Å². The van der Waals surface area contributed by atoms with Crippen LogP contribution in [0.3, 0.4) is 0 Å². The first-order valence-corrected chi connectivity index (χ1v) is 7.97. The maximum Gasteiger partial charge on any atom is 0.0638 e. The van der Waals surface area contributed by atoms with Crippen LogP contribution in [0.25, 0.3) is 10.9 Å². The fourth-order valence-electron chi connectivity index (χ4n) is 2.70. The van der Waals surface area contributed by atoms with Crippen molar-refractivity contribution in [3.63, 3.8) is 0 Å². The van der Waals surface area contributed by atoms with Crippen LogP contribution in [0, 0.1) is 6.92 Å². The third-order valence-electron chi connectivity index (χ3n) is 3.88. The monoisotopic (exact) mass is 362 g/mol. The molecule has 2 aromatic carbocycles. The van der Waals surface area contributed by atoms with Gasteiger partial charge in [-0.2, -0.15) is 0 Å². The van der Waals surface area contributed by atoms with Crippen molar-refractivity contribution in [2.24, 2.45) is 7.05 Å². The summed E-state index contributed by atoms with van der Waals surface area (Å²) >= 11 is 9.71. The van der Waals surface area contributed by atoms with Gasteiger partial charge in [0, 0.05) is 28.1 Å². The lowest BCUT2D eigenvalue weighted by atomic mass is 10.1. The normalized spacial score (nSPS) is 11.0. The minimum atomic E-state index is 0.731. The third kappa shape index (κ3) is 2.68. The van der Waals surface area contributed by atoms with Gasteiger partial charge in [-0.25, -0.2) is 0 Å². The summed E-state index contributed by atoms with van der Waals surface area (Å²) in [7, 11) is 2.11. The smallest absolute Gasteiger partial charge is 0.0638 e. The van der Waals surface area contributed by atoms with Gasteiger partial charge >= 0.3 is 0 Å². The summed E-state index contributed by atoms with van der Waals surface area (Å²) in [6.45, 7) is 2.91. The van der Waals surface area contributed by atoms with Crippen molar-refractivity contribution in [1.29, 1.82) is 0 Å². The number of halogens is 2. The van der Waals surface area contributed by atoms with E-state index in [9.17, 15) is 0 Å². The van der Waals surface area contributed by atoms with Gasteiger partial charge in [0.25, 0.3) is 0 Å². The quantitative estimate of drug-likeness (QED) is 0.649. The minimum absolute atomic E-state index is 0.731. The molecule has 0 aliphatic carbocycles. The Bertz CT molecular complexity index is 769. The molecular weight excluding hydrogens is 348 g/mol. The summed E-state index contributed by atoms with van der Waals surface area (Å²) < 4.78 is 3.26. The number of benzene rings is 2. The summed E-state index contributed by atoms with van der Waals surface area (Å²) in [6, 6.07) is 14.3. The molecule has 0 aliphatic rings. The number of para-hydroxylation sites is 1. The van der Waals surface area contributed by atoms with Crippen LogP contribution >= 0.6 is 27.5 Å². The molecule has 1 heterocycles. The van der Waals surface area contributed by atoms with E-state index in [0.717, 1.165) is 21.7 Å². The summed E-state index contributed by atoms with van der Waals surface area (Å²) in [6.07, 6.45) is 0. The van der Waals surface area contributed by atoms with Crippen molar-refractivity contribution in [3.05, 3.63) is 63.2 Å². The maximum atomic E-state index is 6.23. The molecule has 0 bridgehead atoms. The van der Waals surface area contributed by atoms with Crippen LogP contribution in [-0.2, 0) is 13.6 Å². The first-order valence-electron chi connectivity index (χ1n) is 6.79. The second-order valence-corrected chi connectivity index (χ2v) is 6.45. The molecule has 21 heavy (non-hydrogen) atoms. The number of nitrogens with zero attached hydrogens (tertiary/aromatic N) is 1. The Hall–Kier alpha value is -1.45.